The topological polar surface area (TPSA) is 0 Å². The van der Waals surface area contributed by atoms with Gasteiger partial charge >= 0.3 is 0 Å². The van der Waals surface area contributed by atoms with Crippen LogP contribution in [0.5, 0.6) is 0 Å². The zero-order valence-electron chi connectivity index (χ0n) is 41.8. The Morgan fingerprint density at radius 1 is 0.424 bits per heavy atom. The highest BCUT2D eigenvalue weighted by Crippen LogP contribution is 2.53. The maximum absolute atomic E-state index is 2.38. The van der Waals surface area contributed by atoms with Gasteiger partial charge in [-0.3, -0.25) is 0 Å². The predicted octanol–water partition coefficient (Wildman–Crippen LogP) is 19.8. The Labute approximate surface area is 369 Å². The molecule has 4 bridgehead atoms. The summed E-state index contributed by atoms with van der Waals surface area (Å²) in [4.78, 5) is 0. The minimum absolute atomic E-state index is 0.160. The van der Waals surface area contributed by atoms with Gasteiger partial charge in [0.1, 0.15) is 0 Å². The number of fused-ring (bicyclic) bond motifs is 3. The van der Waals surface area contributed by atoms with E-state index in [1.165, 1.54) is 90.0 Å². The molecule has 332 valence electrons. The molecule has 5 fully saturated rings. The van der Waals surface area contributed by atoms with Crippen molar-refractivity contribution in [3.8, 4) is 11.1 Å². The van der Waals surface area contributed by atoms with Gasteiger partial charge in [0.2, 0.25) is 0 Å². The summed E-state index contributed by atoms with van der Waals surface area (Å²) in [6.07, 6.45) is 18.2. The average Bonchev–Trinajstić information content (AvgIpc) is 3.51. The lowest BCUT2D eigenvalue weighted by atomic mass is 9.56. The molecule has 0 saturated heterocycles. The first-order valence-corrected chi connectivity index (χ1v) is 24.8. The van der Waals surface area contributed by atoms with E-state index in [9.17, 15) is 0 Å². The molecule has 0 radical (unpaired) electrons. The van der Waals surface area contributed by atoms with Gasteiger partial charge < -0.3 is 0 Å². The molecule has 0 N–H and O–H groups in total. The van der Waals surface area contributed by atoms with Crippen LogP contribution in [0.3, 0.4) is 0 Å². The maximum Gasteiger partial charge on any atom is 0.0158 e. The Bertz CT molecular complexity index is 1370. The van der Waals surface area contributed by atoms with Gasteiger partial charge in [-0.15, -0.1) is 0 Å². The van der Waals surface area contributed by atoms with E-state index in [0.29, 0.717) is 11.3 Å². The molecule has 0 heteroatoms. The first-order chi connectivity index (χ1) is 28.5. The van der Waals surface area contributed by atoms with E-state index >= 15 is 0 Å². The van der Waals surface area contributed by atoms with E-state index < -0.39 is 0 Å². The SMILES string of the molecule is C1C2CC3CC1CC(C2)C3.CC.CC.CC.CC.CC(C)c1ccccc1.CC1(C)CCCCC1.CC1(C)c2ccccc2-c2ccccc21.CCC.c1ccccc1. The number of rotatable bonds is 1. The molecule has 0 atom stereocenters. The van der Waals surface area contributed by atoms with Crippen LogP contribution in [0.4, 0.5) is 0 Å². The molecule has 4 aromatic rings. The third kappa shape index (κ3) is 20.3. The van der Waals surface area contributed by atoms with E-state index in [0.717, 1.165) is 0 Å². The van der Waals surface area contributed by atoms with Crippen LogP contribution in [0.1, 0.15) is 210 Å². The summed E-state index contributed by atoms with van der Waals surface area (Å²) in [5.74, 6) is 5.37. The number of hydrogen-bond donors (Lipinski definition) is 0. The minimum atomic E-state index is 0.160. The van der Waals surface area contributed by atoms with Crippen molar-refractivity contribution in [2.45, 2.75) is 199 Å². The van der Waals surface area contributed by atoms with Crippen molar-refractivity contribution in [2.24, 2.45) is 29.1 Å². The van der Waals surface area contributed by atoms with Crippen LogP contribution in [0.15, 0.2) is 115 Å². The Morgan fingerprint density at radius 2 is 0.695 bits per heavy atom. The highest BCUT2D eigenvalue weighted by atomic mass is 14.5. The lowest BCUT2D eigenvalue weighted by Crippen LogP contribution is -2.38. The third-order valence-electron chi connectivity index (χ3n) is 11.8. The Hall–Kier alpha value is -3.12. The largest absolute Gasteiger partial charge is 0.0683 e. The zero-order valence-corrected chi connectivity index (χ0v) is 41.8. The van der Waals surface area contributed by atoms with Crippen molar-refractivity contribution in [3.05, 3.63) is 132 Å². The summed E-state index contributed by atoms with van der Waals surface area (Å²) >= 11 is 0. The molecule has 0 aromatic heterocycles. The van der Waals surface area contributed by atoms with Gasteiger partial charge in [-0.2, -0.15) is 0 Å². The second-order valence-corrected chi connectivity index (χ2v) is 17.7. The maximum atomic E-state index is 2.38. The molecule has 6 aliphatic rings. The molecule has 5 saturated carbocycles. The summed E-state index contributed by atoms with van der Waals surface area (Å²) in [6.45, 7) is 34.0. The summed E-state index contributed by atoms with van der Waals surface area (Å²) in [5.41, 5.74) is 7.96. The fourth-order valence-corrected chi connectivity index (χ4v) is 9.39. The molecule has 0 spiro atoms. The van der Waals surface area contributed by atoms with Gasteiger partial charge in [0.25, 0.3) is 0 Å². The minimum Gasteiger partial charge on any atom is -0.0683 e. The van der Waals surface area contributed by atoms with E-state index in [2.05, 4.69) is 128 Å². The van der Waals surface area contributed by atoms with Crippen LogP contribution in [0, 0.1) is 29.1 Å². The Morgan fingerprint density at radius 3 is 0.949 bits per heavy atom. The van der Waals surface area contributed by atoms with E-state index in [1.54, 1.807) is 38.5 Å². The number of benzene rings is 4. The van der Waals surface area contributed by atoms with Gasteiger partial charge in [-0.05, 0) is 114 Å². The fraction of sp³-hybridized carbons (Fsp3) is 0.593. The van der Waals surface area contributed by atoms with E-state index in [-0.39, 0.29) is 5.41 Å². The van der Waals surface area contributed by atoms with E-state index in [1.807, 2.05) is 97.9 Å². The Kier molecular flexibility index (Phi) is 30.9. The second kappa shape index (κ2) is 32.6. The predicted molar refractivity (Wildman–Crippen MR) is 271 cm³/mol. The van der Waals surface area contributed by atoms with Crippen LogP contribution >= 0.6 is 0 Å². The van der Waals surface area contributed by atoms with Crippen molar-refractivity contribution in [1.82, 2.24) is 0 Å². The van der Waals surface area contributed by atoms with Gasteiger partial charge in [0.15, 0.2) is 0 Å². The molecule has 0 heterocycles. The number of hydrogen-bond acceptors (Lipinski definition) is 0. The smallest absolute Gasteiger partial charge is 0.0158 e. The quantitative estimate of drug-likeness (QED) is 0.180. The molecular formula is C59H96. The van der Waals surface area contributed by atoms with Crippen LogP contribution in [-0.4, -0.2) is 0 Å². The summed E-state index contributed by atoms with van der Waals surface area (Å²) in [7, 11) is 0. The van der Waals surface area contributed by atoms with Crippen molar-refractivity contribution >= 4 is 0 Å². The van der Waals surface area contributed by atoms with Gasteiger partial charge in [0, 0.05) is 5.41 Å². The first-order valence-electron chi connectivity index (χ1n) is 24.8. The van der Waals surface area contributed by atoms with Gasteiger partial charge in [-0.1, -0.05) is 252 Å². The summed E-state index contributed by atoms with van der Waals surface area (Å²) in [6, 6.07) is 40.0. The monoisotopic (exact) mass is 805 g/mol. The second-order valence-electron chi connectivity index (χ2n) is 17.7. The molecule has 10 rings (SSSR count). The first kappa shape index (κ1) is 55.9. The highest BCUT2D eigenvalue weighted by molar-refractivity contribution is 5.80. The van der Waals surface area contributed by atoms with Crippen molar-refractivity contribution < 1.29 is 0 Å². The molecule has 0 aliphatic heterocycles. The Balaban J connectivity index is 0.000000689. The van der Waals surface area contributed by atoms with Crippen molar-refractivity contribution in [3.63, 3.8) is 0 Å². The molecule has 4 aromatic carbocycles. The lowest BCUT2D eigenvalue weighted by molar-refractivity contribution is 0.0198. The molecule has 0 amide bonds. The standard InChI is InChI=1S/C15H14.C10H16.C9H12.C8H16.C6H6.C3H8.4C2H6/c1-15(2)13-9-5-3-7-11(13)12-8-4-6-10-14(12)15;1-7-2-9-4-8(1)5-10(3-7)6-9;1-8(2)9-6-4-3-5-7-9;1-8(2)6-4-3-5-7-8;1-2-4-6-5-3-1;1-3-2;4*1-2/h3-10H,1-2H3;7-10H,1-6H2;3-8H,1-2H3;3-7H2,1-2H3;1-6H;3H2,1-2H3;4*1-2H3. The molecule has 6 aliphatic carbocycles. The van der Waals surface area contributed by atoms with Crippen LogP contribution in [0.25, 0.3) is 11.1 Å². The summed E-state index contributed by atoms with van der Waals surface area (Å²) < 4.78 is 0. The lowest BCUT2D eigenvalue weighted by Gasteiger charge is -2.49. The molecular weight excluding hydrogens is 709 g/mol. The van der Waals surface area contributed by atoms with Crippen LogP contribution in [0.2, 0.25) is 0 Å². The average molecular weight is 805 g/mol. The molecule has 0 unspecified atom stereocenters. The highest BCUT2D eigenvalue weighted by Gasteiger charge is 2.41. The summed E-state index contributed by atoms with van der Waals surface area (Å²) in [5, 5.41) is 0. The van der Waals surface area contributed by atoms with Crippen molar-refractivity contribution in [1.29, 1.82) is 0 Å². The third-order valence-corrected chi connectivity index (χ3v) is 11.8. The van der Waals surface area contributed by atoms with Crippen LogP contribution < -0.4 is 0 Å². The van der Waals surface area contributed by atoms with Gasteiger partial charge in [0.05, 0.1) is 0 Å². The normalized spacial score (nSPS) is 20.6. The van der Waals surface area contributed by atoms with Gasteiger partial charge in [-0.25, -0.2) is 0 Å². The molecule has 59 heavy (non-hydrogen) atoms. The van der Waals surface area contributed by atoms with Crippen LogP contribution in [-0.2, 0) is 5.41 Å². The van der Waals surface area contributed by atoms with Crippen molar-refractivity contribution in [2.75, 3.05) is 0 Å². The zero-order chi connectivity index (χ0) is 44.7. The van der Waals surface area contributed by atoms with E-state index in [4.69, 9.17) is 0 Å². The molecule has 0 nitrogen and oxygen atoms in total. The fourth-order valence-electron chi connectivity index (χ4n) is 9.39.